The van der Waals surface area contributed by atoms with Gasteiger partial charge in [-0.2, -0.15) is 0 Å². The third kappa shape index (κ3) is 5.90. The number of pyridine rings is 1. The van der Waals surface area contributed by atoms with E-state index in [0.29, 0.717) is 26.1 Å². The zero-order valence-corrected chi connectivity index (χ0v) is 16.6. The summed E-state index contributed by atoms with van der Waals surface area (Å²) in [5.74, 6) is -0.353. The second-order valence-corrected chi connectivity index (χ2v) is 6.87. The van der Waals surface area contributed by atoms with E-state index in [4.69, 9.17) is 4.74 Å². The molecule has 3 aromatic rings. The molecule has 0 aliphatic heterocycles. The standard InChI is InChI=1S/C24H26N2O3/c1-19(21-12-6-3-7-13-21)29-17-9-15-25-23(27)22-14-8-16-26(24(22)28)18-20-10-4-2-5-11-20/h2-8,10-14,16,19H,9,15,17-18H2,1H3,(H,25,27). The maximum absolute atomic E-state index is 12.6. The molecule has 0 aliphatic rings. The minimum absolute atomic E-state index is 0.00575. The lowest BCUT2D eigenvalue weighted by atomic mass is 10.1. The molecule has 2 aromatic carbocycles. The Bertz CT molecular complexity index is 968. The lowest BCUT2D eigenvalue weighted by Gasteiger charge is -2.13. The highest BCUT2D eigenvalue weighted by molar-refractivity contribution is 5.93. The lowest BCUT2D eigenvalue weighted by Crippen LogP contribution is -2.33. The topological polar surface area (TPSA) is 60.3 Å². The summed E-state index contributed by atoms with van der Waals surface area (Å²) < 4.78 is 7.36. The van der Waals surface area contributed by atoms with E-state index in [9.17, 15) is 9.59 Å². The van der Waals surface area contributed by atoms with Crippen LogP contribution in [0.1, 0.15) is 40.9 Å². The van der Waals surface area contributed by atoms with Gasteiger partial charge in [0.25, 0.3) is 11.5 Å². The molecule has 1 heterocycles. The van der Waals surface area contributed by atoms with E-state index in [1.54, 1.807) is 22.9 Å². The number of carbonyl (C=O) groups excluding carboxylic acids is 1. The summed E-state index contributed by atoms with van der Waals surface area (Å²) in [5, 5.41) is 2.81. The predicted octanol–water partition coefficient (Wildman–Crippen LogP) is 3.79. The number of nitrogens with one attached hydrogen (secondary N) is 1. The van der Waals surface area contributed by atoms with Crippen LogP contribution < -0.4 is 10.9 Å². The van der Waals surface area contributed by atoms with Crippen molar-refractivity contribution in [2.45, 2.75) is 26.0 Å². The molecule has 5 heteroatoms. The van der Waals surface area contributed by atoms with Gasteiger partial charge in [-0.25, -0.2) is 0 Å². The Labute approximate surface area is 171 Å². The molecule has 5 nitrogen and oxygen atoms in total. The van der Waals surface area contributed by atoms with Crippen molar-refractivity contribution in [3.8, 4) is 0 Å². The van der Waals surface area contributed by atoms with Gasteiger partial charge in [-0.15, -0.1) is 0 Å². The van der Waals surface area contributed by atoms with Gasteiger partial charge in [0.1, 0.15) is 5.56 Å². The summed E-state index contributed by atoms with van der Waals surface area (Å²) in [6.07, 6.45) is 2.38. The average molecular weight is 390 g/mol. The van der Waals surface area contributed by atoms with Crippen molar-refractivity contribution in [3.05, 3.63) is 106 Å². The summed E-state index contributed by atoms with van der Waals surface area (Å²) in [6.45, 7) is 3.43. The summed E-state index contributed by atoms with van der Waals surface area (Å²) in [4.78, 5) is 25.1. The third-order valence-electron chi connectivity index (χ3n) is 4.70. The lowest BCUT2D eigenvalue weighted by molar-refractivity contribution is 0.0635. The molecule has 0 bridgehead atoms. The first-order valence-electron chi connectivity index (χ1n) is 9.83. The predicted molar refractivity (Wildman–Crippen MR) is 114 cm³/mol. The van der Waals surface area contributed by atoms with Crippen molar-refractivity contribution in [1.29, 1.82) is 0 Å². The molecule has 0 radical (unpaired) electrons. The molecule has 0 spiro atoms. The van der Waals surface area contributed by atoms with E-state index < -0.39 is 0 Å². The summed E-state index contributed by atoms with van der Waals surface area (Å²) in [6, 6.07) is 23.0. The number of benzene rings is 2. The monoisotopic (exact) mass is 390 g/mol. The molecule has 3 rings (SSSR count). The molecule has 0 saturated heterocycles. The van der Waals surface area contributed by atoms with Gasteiger partial charge in [0.2, 0.25) is 0 Å². The van der Waals surface area contributed by atoms with Gasteiger partial charge in [-0.05, 0) is 36.6 Å². The van der Waals surface area contributed by atoms with E-state index in [-0.39, 0.29) is 23.1 Å². The summed E-state index contributed by atoms with van der Waals surface area (Å²) >= 11 is 0. The Kier molecular flexibility index (Phi) is 7.36. The average Bonchev–Trinajstić information content (AvgIpc) is 2.76. The number of ether oxygens (including phenoxy) is 1. The van der Waals surface area contributed by atoms with E-state index in [1.165, 1.54) is 0 Å². The molecule has 150 valence electrons. The first kappa shape index (κ1) is 20.6. The molecule has 1 atom stereocenters. The summed E-state index contributed by atoms with van der Waals surface area (Å²) in [7, 11) is 0. The minimum Gasteiger partial charge on any atom is -0.374 e. The first-order chi connectivity index (χ1) is 14.1. The molecule has 1 unspecified atom stereocenters. The van der Waals surface area contributed by atoms with Crippen LogP contribution in [0.2, 0.25) is 0 Å². The van der Waals surface area contributed by atoms with Gasteiger partial charge in [0, 0.05) is 19.3 Å². The second kappa shape index (κ2) is 10.4. The molecule has 1 N–H and O–H groups in total. The van der Waals surface area contributed by atoms with Crippen LogP contribution in [0.5, 0.6) is 0 Å². The van der Waals surface area contributed by atoms with Gasteiger partial charge >= 0.3 is 0 Å². The molecule has 0 saturated carbocycles. The Morgan fingerprint density at radius 3 is 2.41 bits per heavy atom. The van der Waals surface area contributed by atoms with Crippen molar-refractivity contribution >= 4 is 5.91 Å². The number of nitrogens with zero attached hydrogens (tertiary/aromatic N) is 1. The van der Waals surface area contributed by atoms with Gasteiger partial charge in [0.15, 0.2) is 0 Å². The van der Waals surface area contributed by atoms with Crippen LogP contribution in [0.25, 0.3) is 0 Å². The highest BCUT2D eigenvalue weighted by Gasteiger charge is 2.12. The summed E-state index contributed by atoms with van der Waals surface area (Å²) in [5.41, 5.74) is 2.00. The van der Waals surface area contributed by atoms with Crippen molar-refractivity contribution in [1.82, 2.24) is 9.88 Å². The Morgan fingerprint density at radius 2 is 1.69 bits per heavy atom. The number of carbonyl (C=O) groups is 1. The van der Waals surface area contributed by atoms with Gasteiger partial charge in [-0.1, -0.05) is 60.7 Å². The fraction of sp³-hybridized carbons (Fsp3) is 0.250. The van der Waals surface area contributed by atoms with Crippen LogP contribution in [0.4, 0.5) is 0 Å². The number of rotatable bonds is 9. The highest BCUT2D eigenvalue weighted by Crippen LogP contribution is 2.15. The van der Waals surface area contributed by atoms with Gasteiger partial charge < -0.3 is 14.6 Å². The smallest absolute Gasteiger partial charge is 0.263 e. The third-order valence-corrected chi connectivity index (χ3v) is 4.70. The zero-order valence-electron chi connectivity index (χ0n) is 16.6. The number of amides is 1. The number of hydrogen-bond donors (Lipinski definition) is 1. The number of aromatic nitrogens is 1. The molecule has 1 aromatic heterocycles. The Balaban J connectivity index is 1.48. The van der Waals surface area contributed by atoms with Crippen molar-refractivity contribution in [2.75, 3.05) is 13.2 Å². The van der Waals surface area contributed by atoms with E-state index in [1.807, 2.05) is 67.6 Å². The van der Waals surface area contributed by atoms with Crippen LogP contribution >= 0.6 is 0 Å². The molecule has 0 fully saturated rings. The van der Waals surface area contributed by atoms with E-state index in [0.717, 1.165) is 11.1 Å². The fourth-order valence-corrected chi connectivity index (χ4v) is 3.06. The maximum Gasteiger partial charge on any atom is 0.263 e. The normalized spacial score (nSPS) is 11.8. The van der Waals surface area contributed by atoms with Crippen LogP contribution in [0.3, 0.4) is 0 Å². The van der Waals surface area contributed by atoms with Crippen molar-refractivity contribution in [2.24, 2.45) is 0 Å². The molecular formula is C24H26N2O3. The number of hydrogen-bond acceptors (Lipinski definition) is 3. The van der Waals surface area contributed by atoms with Crippen LogP contribution in [0.15, 0.2) is 83.8 Å². The molecule has 1 amide bonds. The van der Waals surface area contributed by atoms with Crippen molar-refractivity contribution < 1.29 is 9.53 Å². The van der Waals surface area contributed by atoms with Crippen LogP contribution in [0, 0.1) is 0 Å². The Hall–Kier alpha value is -3.18. The van der Waals surface area contributed by atoms with E-state index in [2.05, 4.69) is 5.32 Å². The largest absolute Gasteiger partial charge is 0.374 e. The van der Waals surface area contributed by atoms with Gasteiger partial charge in [0.05, 0.1) is 12.6 Å². The first-order valence-corrected chi connectivity index (χ1v) is 9.83. The molecular weight excluding hydrogens is 364 g/mol. The van der Waals surface area contributed by atoms with Crippen LogP contribution in [-0.2, 0) is 11.3 Å². The minimum atomic E-state index is -0.353. The van der Waals surface area contributed by atoms with E-state index >= 15 is 0 Å². The SMILES string of the molecule is CC(OCCCNC(=O)c1cccn(Cc2ccccc2)c1=O)c1ccccc1. The maximum atomic E-state index is 12.6. The zero-order chi connectivity index (χ0) is 20.5. The van der Waals surface area contributed by atoms with Gasteiger partial charge in [-0.3, -0.25) is 9.59 Å². The second-order valence-electron chi connectivity index (χ2n) is 6.87. The highest BCUT2D eigenvalue weighted by atomic mass is 16.5. The van der Waals surface area contributed by atoms with Crippen LogP contribution in [-0.4, -0.2) is 23.6 Å². The quantitative estimate of drug-likeness (QED) is 0.566. The Morgan fingerprint density at radius 1 is 1.00 bits per heavy atom. The van der Waals surface area contributed by atoms with Crippen molar-refractivity contribution in [3.63, 3.8) is 0 Å². The fourth-order valence-electron chi connectivity index (χ4n) is 3.06. The molecule has 29 heavy (non-hydrogen) atoms. The molecule has 0 aliphatic carbocycles.